The third-order valence-electron chi connectivity index (χ3n) is 2.81. The fraction of sp³-hybridized carbons (Fsp3) is 0.308. The average Bonchev–Trinajstić information content (AvgIpc) is 2.80. The van der Waals surface area contributed by atoms with Crippen molar-refractivity contribution < 1.29 is 18.0 Å². The largest absolute Gasteiger partial charge is 0.435 e. The van der Waals surface area contributed by atoms with Gasteiger partial charge in [0.1, 0.15) is 5.69 Å². The van der Waals surface area contributed by atoms with E-state index in [0.717, 1.165) is 10.7 Å². The van der Waals surface area contributed by atoms with E-state index in [1.807, 2.05) is 0 Å². The van der Waals surface area contributed by atoms with E-state index >= 15 is 0 Å². The summed E-state index contributed by atoms with van der Waals surface area (Å²) in [5.74, 6) is -0.324. The number of pyridine rings is 1. The van der Waals surface area contributed by atoms with Gasteiger partial charge in [0.05, 0.1) is 11.4 Å². The number of carbonyl (C=O) groups excluding carboxylic acids is 1. The molecule has 0 radical (unpaired) electrons. The Bertz CT molecular complexity index is 676. The minimum atomic E-state index is -4.52. The van der Waals surface area contributed by atoms with E-state index in [4.69, 9.17) is 0 Å². The summed E-state index contributed by atoms with van der Waals surface area (Å²) in [5, 5.41) is 3.42. The lowest BCUT2D eigenvalue weighted by Gasteiger charge is -2.10. The molecule has 0 unspecified atom stereocenters. The number of hydrogen-bond acceptors (Lipinski definition) is 3. The van der Waals surface area contributed by atoms with Crippen molar-refractivity contribution in [2.24, 2.45) is 7.05 Å². The van der Waals surface area contributed by atoms with Crippen LogP contribution in [-0.4, -0.2) is 39.7 Å². The first-order valence-corrected chi connectivity index (χ1v) is 6.00. The summed E-state index contributed by atoms with van der Waals surface area (Å²) in [4.78, 5) is 17.3. The van der Waals surface area contributed by atoms with Crippen molar-refractivity contribution in [1.82, 2.24) is 19.7 Å². The Kier molecular flexibility index (Phi) is 3.71. The molecule has 0 N–H and O–H groups in total. The van der Waals surface area contributed by atoms with Crippen LogP contribution in [0.5, 0.6) is 0 Å². The van der Waals surface area contributed by atoms with Crippen LogP contribution in [0.4, 0.5) is 13.2 Å². The van der Waals surface area contributed by atoms with E-state index < -0.39 is 11.9 Å². The number of hydrogen-bond donors (Lipinski definition) is 0. The monoisotopic (exact) mass is 298 g/mol. The number of alkyl halides is 3. The summed E-state index contributed by atoms with van der Waals surface area (Å²) < 4.78 is 39.1. The molecule has 2 aromatic rings. The highest BCUT2D eigenvalue weighted by atomic mass is 19.4. The number of aromatic nitrogens is 3. The quantitative estimate of drug-likeness (QED) is 0.854. The molecule has 2 heterocycles. The zero-order valence-electron chi connectivity index (χ0n) is 11.6. The van der Waals surface area contributed by atoms with Crippen LogP contribution in [0, 0.1) is 0 Å². The van der Waals surface area contributed by atoms with Gasteiger partial charge in [-0.2, -0.15) is 18.3 Å². The maximum absolute atomic E-state index is 12.7. The first-order chi connectivity index (χ1) is 9.70. The molecule has 0 aliphatic rings. The van der Waals surface area contributed by atoms with Gasteiger partial charge in [0, 0.05) is 21.1 Å². The summed E-state index contributed by atoms with van der Waals surface area (Å²) in [6, 6.07) is 5.52. The fourth-order valence-corrected chi connectivity index (χ4v) is 1.77. The molecule has 0 aliphatic heterocycles. The highest BCUT2D eigenvalue weighted by Crippen LogP contribution is 2.30. The lowest BCUT2D eigenvalue weighted by molar-refractivity contribution is -0.141. The van der Waals surface area contributed by atoms with Crippen LogP contribution in [-0.2, 0) is 13.2 Å². The van der Waals surface area contributed by atoms with E-state index in [1.165, 1.54) is 24.1 Å². The SMILES string of the molecule is CN(C)C(=O)c1cccc(-c2cc(C(F)(F)F)nn2C)n1. The Balaban J connectivity index is 2.46. The molecule has 0 saturated heterocycles. The van der Waals surface area contributed by atoms with Gasteiger partial charge in [0.25, 0.3) is 5.91 Å². The third-order valence-corrected chi connectivity index (χ3v) is 2.81. The van der Waals surface area contributed by atoms with Gasteiger partial charge >= 0.3 is 6.18 Å². The van der Waals surface area contributed by atoms with Gasteiger partial charge in [-0.3, -0.25) is 9.48 Å². The number of halogens is 3. The van der Waals surface area contributed by atoms with Gasteiger partial charge in [0.15, 0.2) is 5.69 Å². The normalized spacial score (nSPS) is 11.5. The molecule has 1 amide bonds. The van der Waals surface area contributed by atoms with Gasteiger partial charge in [0.2, 0.25) is 0 Å². The van der Waals surface area contributed by atoms with Gasteiger partial charge in [-0.05, 0) is 18.2 Å². The van der Waals surface area contributed by atoms with Crippen LogP contribution in [0.1, 0.15) is 16.2 Å². The Morgan fingerprint density at radius 3 is 2.48 bits per heavy atom. The van der Waals surface area contributed by atoms with E-state index in [0.29, 0.717) is 0 Å². The first kappa shape index (κ1) is 15.0. The molecule has 112 valence electrons. The maximum atomic E-state index is 12.7. The molecular formula is C13H13F3N4O. The molecule has 0 aromatic carbocycles. The summed E-state index contributed by atoms with van der Waals surface area (Å²) in [6.07, 6.45) is -4.52. The zero-order valence-corrected chi connectivity index (χ0v) is 11.6. The Morgan fingerprint density at radius 2 is 1.95 bits per heavy atom. The number of amides is 1. The maximum Gasteiger partial charge on any atom is 0.435 e. The van der Waals surface area contributed by atoms with Crippen LogP contribution in [0.3, 0.4) is 0 Å². The predicted molar refractivity (Wildman–Crippen MR) is 69.5 cm³/mol. The van der Waals surface area contributed by atoms with Crippen molar-refractivity contribution in [3.8, 4) is 11.4 Å². The summed E-state index contributed by atoms with van der Waals surface area (Å²) in [7, 11) is 4.54. The molecule has 0 spiro atoms. The summed E-state index contributed by atoms with van der Waals surface area (Å²) in [6.45, 7) is 0. The molecule has 0 fully saturated rings. The van der Waals surface area contributed by atoms with Crippen LogP contribution in [0.25, 0.3) is 11.4 Å². The van der Waals surface area contributed by atoms with Crippen molar-refractivity contribution in [2.75, 3.05) is 14.1 Å². The van der Waals surface area contributed by atoms with Gasteiger partial charge < -0.3 is 4.90 Å². The molecule has 0 atom stereocenters. The molecule has 2 rings (SSSR count). The number of rotatable bonds is 2. The van der Waals surface area contributed by atoms with Crippen molar-refractivity contribution in [3.63, 3.8) is 0 Å². The Hall–Kier alpha value is -2.38. The van der Waals surface area contributed by atoms with E-state index in [-0.39, 0.29) is 23.0 Å². The molecule has 2 aromatic heterocycles. The van der Waals surface area contributed by atoms with Crippen LogP contribution >= 0.6 is 0 Å². The number of carbonyl (C=O) groups is 1. The molecule has 0 bridgehead atoms. The van der Waals surface area contributed by atoms with Crippen LogP contribution in [0.15, 0.2) is 24.3 Å². The van der Waals surface area contributed by atoms with Crippen molar-refractivity contribution in [2.45, 2.75) is 6.18 Å². The minimum absolute atomic E-state index is 0.159. The lowest BCUT2D eigenvalue weighted by atomic mass is 10.2. The predicted octanol–water partition coefficient (Wildman–Crippen LogP) is 2.20. The smallest absolute Gasteiger partial charge is 0.343 e. The standard InChI is InChI=1S/C13H13F3N4O/c1-19(2)12(21)9-6-4-5-8(17-9)10-7-11(13(14,15)16)18-20(10)3/h4-7H,1-3H3. The summed E-state index contributed by atoms with van der Waals surface area (Å²) >= 11 is 0. The van der Waals surface area contributed by atoms with Crippen molar-refractivity contribution >= 4 is 5.91 Å². The zero-order chi connectivity index (χ0) is 15.8. The molecule has 21 heavy (non-hydrogen) atoms. The second kappa shape index (κ2) is 5.19. The molecule has 0 saturated carbocycles. The van der Waals surface area contributed by atoms with Crippen molar-refractivity contribution in [1.29, 1.82) is 0 Å². The van der Waals surface area contributed by atoms with Gasteiger partial charge in [-0.15, -0.1) is 0 Å². The summed E-state index contributed by atoms with van der Waals surface area (Å²) in [5.41, 5.74) is -0.387. The Morgan fingerprint density at radius 1 is 1.29 bits per heavy atom. The van der Waals surface area contributed by atoms with Crippen molar-refractivity contribution in [3.05, 3.63) is 35.7 Å². The Labute approximate surface area is 119 Å². The van der Waals surface area contributed by atoms with E-state index in [1.54, 1.807) is 20.2 Å². The van der Waals surface area contributed by atoms with Gasteiger partial charge in [-0.25, -0.2) is 4.98 Å². The second-order valence-corrected chi connectivity index (χ2v) is 4.64. The highest BCUT2D eigenvalue weighted by molar-refractivity contribution is 5.92. The lowest BCUT2D eigenvalue weighted by Crippen LogP contribution is -2.22. The van der Waals surface area contributed by atoms with E-state index in [2.05, 4.69) is 10.1 Å². The highest BCUT2D eigenvalue weighted by Gasteiger charge is 2.34. The minimum Gasteiger partial charge on any atom is -0.343 e. The molecular weight excluding hydrogens is 285 g/mol. The number of aryl methyl sites for hydroxylation is 1. The number of nitrogens with zero attached hydrogens (tertiary/aromatic N) is 4. The molecule has 0 aliphatic carbocycles. The second-order valence-electron chi connectivity index (χ2n) is 4.64. The van der Waals surface area contributed by atoms with Gasteiger partial charge in [-0.1, -0.05) is 6.07 Å². The fourth-order valence-electron chi connectivity index (χ4n) is 1.77. The molecule has 8 heteroatoms. The average molecular weight is 298 g/mol. The van der Waals surface area contributed by atoms with E-state index in [9.17, 15) is 18.0 Å². The third kappa shape index (κ3) is 3.04. The van der Waals surface area contributed by atoms with Crippen LogP contribution in [0.2, 0.25) is 0 Å². The molecule has 5 nitrogen and oxygen atoms in total. The topological polar surface area (TPSA) is 51.0 Å². The van der Waals surface area contributed by atoms with Crippen LogP contribution < -0.4 is 0 Å². The first-order valence-electron chi connectivity index (χ1n) is 6.00.